The van der Waals surface area contributed by atoms with Crippen molar-refractivity contribution in [2.75, 3.05) is 32.8 Å². The molecule has 1 N–H and O–H groups in total. The lowest BCUT2D eigenvalue weighted by Crippen LogP contribution is -2.48. The molecule has 5 fully saturated rings. The normalized spacial score (nSPS) is 42.7. The zero-order chi connectivity index (χ0) is 15.0. The number of β-amino-alcohol motifs (C(OH)–C–C–N with tert-alkyl or cyclic N) is 1. The van der Waals surface area contributed by atoms with Crippen molar-refractivity contribution in [1.29, 1.82) is 0 Å². The van der Waals surface area contributed by atoms with Crippen LogP contribution < -0.4 is 0 Å². The molecular weight excluding hydrogens is 274 g/mol. The van der Waals surface area contributed by atoms with Crippen LogP contribution in [0.25, 0.3) is 0 Å². The fourth-order valence-corrected chi connectivity index (χ4v) is 6.37. The van der Waals surface area contributed by atoms with Crippen molar-refractivity contribution in [3.63, 3.8) is 0 Å². The molecule has 0 unspecified atom stereocenters. The van der Waals surface area contributed by atoms with Crippen molar-refractivity contribution in [1.82, 2.24) is 4.90 Å². The number of rotatable bonds is 6. The molecule has 5 rings (SSSR count). The number of aliphatic hydroxyl groups is 1. The highest BCUT2D eigenvalue weighted by molar-refractivity contribution is 5.01. The first-order valence-electron chi connectivity index (χ1n) is 9.69. The van der Waals surface area contributed by atoms with Crippen molar-refractivity contribution >= 4 is 0 Å². The minimum atomic E-state index is -0.299. The summed E-state index contributed by atoms with van der Waals surface area (Å²) < 4.78 is 6.05. The minimum absolute atomic E-state index is 0.299. The number of likely N-dealkylation sites (tertiary alicyclic amines) is 1. The first-order valence-corrected chi connectivity index (χ1v) is 9.69. The highest BCUT2D eigenvalue weighted by atomic mass is 16.5. The average molecular weight is 307 g/mol. The zero-order valence-corrected chi connectivity index (χ0v) is 14.0. The minimum Gasteiger partial charge on any atom is -0.389 e. The molecule has 1 saturated heterocycles. The molecule has 0 amide bonds. The number of aliphatic hydroxyl groups excluding tert-OH is 1. The molecule has 5 aliphatic rings. The lowest BCUT2D eigenvalue weighted by atomic mass is 9.50. The Kier molecular flexibility index (Phi) is 4.49. The Bertz CT molecular complexity index is 342. The van der Waals surface area contributed by atoms with Gasteiger partial charge in [0.05, 0.1) is 19.3 Å². The Morgan fingerprint density at radius 1 is 0.955 bits per heavy atom. The predicted molar refractivity (Wildman–Crippen MR) is 87.7 cm³/mol. The third kappa shape index (κ3) is 3.37. The molecule has 0 spiro atoms. The quantitative estimate of drug-likeness (QED) is 0.818. The molecule has 1 aliphatic heterocycles. The van der Waals surface area contributed by atoms with E-state index in [4.69, 9.17) is 4.74 Å². The summed E-state index contributed by atoms with van der Waals surface area (Å²) in [5.41, 5.74) is 0.486. The van der Waals surface area contributed by atoms with E-state index in [-0.39, 0.29) is 6.10 Å². The van der Waals surface area contributed by atoms with Gasteiger partial charge in [0.25, 0.3) is 0 Å². The predicted octanol–water partition coefficient (Wildman–Crippen LogP) is 3.07. The van der Waals surface area contributed by atoms with E-state index in [1.54, 1.807) is 0 Å². The molecule has 4 aliphatic carbocycles. The van der Waals surface area contributed by atoms with Crippen LogP contribution in [-0.4, -0.2) is 49.0 Å². The maximum Gasteiger partial charge on any atom is 0.0900 e. The molecule has 22 heavy (non-hydrogen) atoms. The van der Waals surface area contributed by atoms with E-state index in [1.807, 2.05) is 0 Å². The fraction of sp³-hybridized carbons (Fsp3) is 1.00. The van der Waals surface area contributed by atoms with E-state index in [0.29, 0.717) is 12.0 Å². The summed E-state index contributed by atoms with van der Waals surface area (Å²) in [5.74, 6) is 2.98. The van der Waals surface area contributed by atoms with Gasteiger partial charge in [-0.2, -0.15) is 0 Å². The van der Waals surface area contributed by atoms with Crippen LogP contribution in [0.15, 0.2) is 0 Å². The molecule has 0 aromatic rings. The summed E-state index contributed by atoms with van der Waals surface area (Å²) in [6.45, 7) is 4.57. The van der Waals surface area contributed by atoms with Crippen LogP contribution in [0.4, 0.5) is 0 Å². The van der Waals surface area contributed by atoms with E-state index < -0.39 is 0 Å². The average Bonchev–Trinajstić information content (AvgIpc) is 2.46. The van der Waals surface area contributed by atoms with Crippen LogP contribution in [-0.2, 0) is 4.74 Å². The van der Waals surface area contributed by atoms with Gasteiger partial charge < -0.3 is 14.7 Å². The summed E-state index contributed by atoms with van der Waals surface area (Å²) in [6.07, 6.45) is 12.3. The van der Waals surface area contributed by atoms with Crippen LogP contribution >= 0.6 is 0 Å². The van der Waals surface area contributed by atoms with Crippen molar-refractivity contribution in [2.24, 2.45) is 23.2 Å². The Morgan fingerprint density at radius 3 is 2.14 bits per heavy atom. The summed E-state index contributed by atoms with van der Waals surface area (Å²) in [5, 5.41) is 10.2. The molecule has 1 atom stereocenters. The maximum absolute atomic E-state index is 10.2. The zero-order valence-electron chi connectivity index (χ0n) is 14.0. The summed E-state index contributed by atoms with van der Waals surface area (Å²) >= 11 is 0. The molecule has 4 saturated carbocycles. The second-order valence-electron chi connectivity index (χ2n) is 8.95. The lowest BCUT2D eigenvalue weighted by molar-refractivity contribution is -0.107. The second-order valence-corrected chi connectivity index (χ2v) is 8.95. The van der Waals surface area contributed by atoms with Crippen molar-refractivity contribution in [3.8, 4) is 0 Å². The van der Waals surface area contributed by atoms with Gasteiger partial charge in [-0.3, -0.25) is 0 Å². The lowest BCUT2D eigenvalue weighted by Gasteiger charge is -2.56. The molecule has 126 valence electrons. The van der Waals surface area contributed by atoms with Gasteiger partial charge in [0, 0.05) is 6.54 Å². The smallest absolute Gasteiger partial charge is 0.0900 e. The summed E-state index contributed by atoms with van der Waals surface area (Å²) in [7, 11) is 0. The van der Waals surface area contributed by atoms with Crippen molar-refractivity contribution < 1.29 is 9.84 Å². The van der Waals surface area contributed by atoms with Gasteiger partial charge in [0.1, 0.15) is 0 Å². The molecule has 0 aromatic heterocycles. The van der Waals surface area contributed by atoms with Crippen molar-refractivity contribution in [2.45, 2.75) is 63.9 Å². The van der Waals surface area contributed by atoms with Gasteiger partial charge in [-0.25, -0.2) is 0 Å². The number of piperidine rings is 1. The van der Waals surface area contributed by atoms with Crippen molar-refractivity contribution in [3.05, 3.63) is 0 Å². The molecule has 3 nitrogen and oxygen atoms in total. The molecule has 0 aromatic carbocycles. The third-order valence-corrected chi connectivity index (χ3v) is 6.80. The van der Waals surface area contributed by atoms with E-state index in [9.17, 15) is 5.11 Å². The molecule has 1 heterocycles. The van der Waals surface area contributed by atoms with Gasteiger partial charge in [-0.1, -0.05) is 6.42 Å². The first kappa shape index (κ1) is 15.4. The van der Waals surface area contributed by atoms with E-state index in [1.165, 1.54) is 57.8 Å². The van der Waals surface area contributed by atoms with E-state index >= 15 is 0 Å². The van der Waals surface area contributed by atoms with Crippen LogP contribution in [0.2, 0.25) is 0 Å². The van der Waals surface area contributed by atoms with Crippen LogP contribution in [0.3, 0.4) is 0 Å². The largest absolute Gasteiger partial charge is 0.389 e. The number of ether oxygens (including phenoxy) is 1. The van der Waals surface area contributed by atoms with Gasteiger partial charge in [-0.15, -0.1) is 0 Å². The summed E-state index contributed by atoms with van der Waals surface area (Å²) in [4.78, 5) is 2.41. The third-order valence-electron chi connectivity index (χ3n) is 6.80. The number of hydrogen-bond acceptors (Lipinski definition) is 3. The monoisotopic (exact) mass is 307 g/mol. The van der Waals surface area contributed by atoms with Gasteiger partial charge in [-0.05, 0) is 87.6 Å². The topological polar surface area (TPSA) is 32.7 Å². The van der Waals surface area contributed by atoms with Gasteiger partial charge in [0.15, 0.2) is 0 Å². The fourth-order valence-electron chi connectivity index (χ4n) is 6.37. The standard InChI is InChI=1S/C19H33NO2/c21-18(12-20-4-2-1-3-5-20)13-22-14-19-9-15-6-16(10-19)8-17(7-15)11-19/h15-18,21H,1-14H2/t15?,16?,17?,18-,19?/m0/s1. The van der Waals surface area contributed by atoms with Crippen LogP contribution in [0.5, 0.6) is 0 Å². The first-order chi connectivity index (χ1) is 10.7. The highest BCUT2D eigenvalue weighted by Crippen LogP contribution is 2.60. The maximum atomic E-state index is 10.2. The van der Waals surface area contributed by atoms with E-state index in [2.05, 4.69) is 4.90 Å². The van der Waals surface area contributed by atoms with Gasteiger partial charge in [0.2, 0.25) is 0 Å². The molecule has 0 radical (unpaired) electrons. The number of hydrogen-bond donors (Lipinski definition) is 1. The Balaban J connectivity index is 1.21. The van der Waals surface area contributed by atoms with Gasteiger partial charge >= 0.3 is 0 Å². The second kappa shape index (κ2) is 6.41. The molecular formula is C19H33NO2. The van der Waals surface area contributed by atoms with Crippen LogP contribution in [0.1, 0.15) is 57.8 Å². The Labute approximate surface area is 135 Å². The Morgan fingerprint density at radius 2 is 1.55 bits per heavy atom. The Hall–Kier alpha value is -0.120. The van der Waals surface area contributed by atoms with E-state index in [0.717, 1.165) is 44.0 Å². The molecule has 4 bridgehead atoms. The summed E-state index contributed by atoms with van der Waals surface area (Å²) in [6, 6.07) is 0. The van der Waals surface area contributed by atoms with Crippen LogP contribution in [0, 0.1) is 23.2 Å². The SMILES string of the molecule is O[C@H](COCC12CC3CC(CC(C3)C1)C2)CN1CCCCC1. The highest BCUT2D eigenvalue weighted by Gasteiger charge is 2.50. The molecule has 3 heteroatoms. The number of nitrogens with zero attached hydrogens (tertiary/aromatic N) is 1.